The van der Waals surface area contributed by atoms with E-state index in [1.165, 1.54) is 26.0 Å². The maximum Gasteiger partial charge on any atom is 0.297 e. The molecule has 0 unspecified atom stereocenters. The SMILES string of the molecule is Cc1cc(C)c(S(=O)(=O)OC[C@H]2O[C@@H]3O[C@H]4[C@H](O)[C@@H](O)[C@@H](O[C@H]5[C@H](O)[C@@H](O)[C@@H](O[C@H]6[C@H](O)[C@@H](O)[C@@H](O[C@H]7[C@H](O)[C@@H](O)[C@@H](O[C@H]8[C@H](O)[C@@H](O)[C@@H](O[C@H]9[C@H](O)[C@@H](O)[C@@H](O[C@H]%10[C@H](O)[C@@H](O)[C@@H](O[C@H]2[C@H](O)[C@H]3O)O[C@@H]%10CO)O[C@@H]9CO)O[C@@H]8CN=[N+]=[N-])O[C@@H]7CO)O[C@@H]6CO)O[C@@H]5CO)O[C@@H]4CO)c(C)c1. The Kier molecular flexibility index (Phi) is 27.3. The zero-order valence-electron chi connectivity index (χ0n) is 54.3. The second-order valence-electron chi connectivity index (χ2n) is 26.0. The molecule has 0 aromatic heterocycles. The zero-order chi connectivity index (χ0) is 74.4. The number of aliphatic hydroxyl groups is 22. The summed E-state index contributed by atoms with van der Waals surface area (Å²) in [6.45, 7) is -4.15. The molecule has 16 bridgehead atoms. The van der Waals surface area contributed by atoms with Gasteiger partial charge in [0, 0.05) is 4.91 Å². The molecule has 30 fully saturated rings. The molecule has 0 aliphatic carbocycles. The average molecular weight is 1500 g/mol. The van der Waals surface area contributed by atoms with Crippen LogP contribution >= 0.6 is 0 Å². The smallest absolute Gasteiger partial charge is 0.297 e. The zero-order valence-corrected chi connectivity index (χ0v) is 55.1. The minimum atomic E-state index is -4.83. The van der Waals surface area contributed by atoms with Gasteiger partial charge in [0.05, 0.1) is 63.8 Å². The normalized spacial score (nSPS) is 49.4. The van der Waals surface area contributed by atoms with E-state index in [2.05, 4.69) is 10.0 Å². The van der Waals surface area contributed by atoms with Gasteiger partial charge in [-0.25, -0.2) is 0 Å². The molecule has 584 valence electrons. The van der Waals surface area contributed by atoms with Crippen molar-refractivity contribution >= 4 is 10.1 Å². The van der Waals surface area contributed by atoms with Crippen LogP contribution in [0.5, 0.6) is 0 Å². The second-order valence-corrected chi connectivity index (χ2v) is 27.5. The topological polar surface area (TPSA) is 685 Å². The number of azide groups is 1. The van der Waals surface area contributed by atoms with Crippen molar-refractivity contribution in [3.63, 3.8) is 0 Å². The number of aryl methyl sites for hydroxylation is 3. The molecule has 1 aromatic carbocycles. The van der Waals surface area contributed by atoms with E-state index in [4.69, 9.17) is 80.0 Å². The second kappa shape index (κ2) is 34.2. The van der Waals surface area contributed by atoms with Crippen LogP contribution in [0.1, 0.15) is 16.7 Å². The first-order chi connectivity index (χ1) is 48.4. The lowest BCUT2D eigenvalue weighted by molar-refractivity contribution is -0.403. The lowest BCUT2D eigenvalue weighted by Gasteiger charge is -2.50. The molecule has 30 aliphatic heterocycles. The molecule has 30 heterocycles. The highest BCUT2D eigenvalue weighted by atomic mass is 32.2. The first kappa shape index (κ1) is 81.4. The lowest BCUT2D eigenvalue weighted by Crippen LogP contribution is -2.69. The Balaban J connectivity index is 0.952. The van der Waals surface area contributed by atoms with Crippen molar-refractivity contribution in [3.05, 3.63) is 39.3 Å². The molecular formula is C57H89N3O41S. The summed E-state index contributed by atoms with van der Waals surface area (Å²) in [5.74, 6) is 0. The fraction of sp³-hybridized carbons (Fsp3) is 0.895. The number of rotatable bonds is 12. The fourth-order valence-corrected chi connectivity index (χ4v) is 15.1. The van der Waals surface area contributed by atoms with E-state index in [1.807, 2.05) is 0 Å². The summed E-state index contributed by atoms with van der Waals surface area (Å²) in [6.07, 6.45) is -85.3. The fourth-order valence-electron chi connectivity index (χ4n) is 13.8. The summed E-state index contributed by atoms with van der Waals surface area (Å²) >= 11 is 0. The number of aliphatic hydroxyl groups excluding tert-OH is 22. The van der Waals surface area contributed by atoms with Crippen LogP contribution in [-0.2, 0) is 90.1 Å². The van der Waals surface area contributed by atoms with Gasteiger partial charge in [-0.05, 0) is 37.4 Å². The van der Waals surface area contributed by atoms with Crippen molar-refractivity contribution in [1.82, 2.24) is 0 Å². The summed E-state index contributed by atoms with van der Waals surface area (Å²) in [5.41, 5.74) is 10.4. The molecular weight excluding hydrogens is 1410 g/mol. The highest BCUT2D eigenvalue weighted by Gasteiger charge is 2.61. The van der Waals surface area contributed by atoms with E-state index in [0.717, 1.165) is 0 Å². The lowest BCUT2D eigenvalue weighted by atomic mass is 9.94. The van der Waals surface area contributed by atoms with Crippen molar-refractivity contribution in [1.29, 1.82) is 0 Å². The van der Waals surface area contributed by atoms with Gasteiger partial charge >= 0.3 is 0 Å². The summed E-state index contributed by atoms with van der Waals surface area (Å²) in [4.78, 5) is 2.34. The Morgan fingerprint density at radius 3 is 0.745 bits per heavy atom. The van der Waals surface area contributed by atoms with E-state index in [-0.39, 0.29) is 16.0 Å². The summed E-state index contributed by atoms with van der Waals surface area (Å²) in [6, 6.07) is 3.05. The van der Waals surface area contributed by atoms with Gasteiger partial charge in [-0.2, -0.15) is 8.42 Å². The molecule has 40 atom stereocenters. The number of hydrogen-bond acceptors (Lipinski definition) is 42. The quantitative estimate of drug-likeness (QED) is 0.0400. The highest BCUT2D eigenvalue weighted by molar-refractivity contribution is 7.86. The third-order valence-corrected chi connectivity index (χ3v) is 20.7. The number of hydrogen-bond donors (Lipinski definition) is 22. The van der Waals surface area contributed by atoms with Gasteiger partial charge in [0.25, 0.3) is 10.1 Å². The molecule has 102 heavy (non-hydrogen) atoms. The van der Waals surface area contributed by atoms with Crippen LogP contribution < -0.4 is 0 Å². The number of ether oxygens (including phenoxy) is 16. The van der Waals surface area contributed by atoms with Crippen molar-refractivity contribution in [2.24, 2.45) is 5.11 Å². The molecule has 0 radical (unpaired) electrons. The van der Waals surface area contributed by atoms with E-state index in [0.29, 0.717) is 5.56 Å². The number of nitrogens with zero attached hydrogens (tertiary/aromatic N) is 3. The molecule has 30 saturated heterocycles. The van der Waals surface area contributed by atoms with E-state index in [1.54, 1.807) is 6.92 Å². The van der Waals surface area contributed by atoms with Crippen molar-refractivity contribution in [3.8, 4) is 0 Å². The van der Waals surface area contributed by atoms with Gasteiger partial charge in [0.2, 0.25) is 0 Å². The monoisotopic (exact) mass is 1500 g/mol. The highest BCUT2D eigenvalue weighted by Crippen LogP contribution is 2.41. The van der Waals surface area contributed by atoms with E-state index in [9.17, 15) is 126 Å². The van der Waals surface area contributed by atoms with Crippen LogP contribution in [0.15, 0.2) is 22.1 Å². The molecule has 44 nitrogen and oxygen atoms in total. The summed E-state index contributed by atoms with van der Waals surface area (Å²) in [7, 11) is -4.83. The van der Waals surface area contributed by atoms with Crippen LogP contribution in [0.3, 0.4) is 0 Å². The Bertz CT molecular complexity index is 3010. The van der Waals surface area contributed by atoms with Gasteiger partial charge < -0.3 is 188 Å². The maximum atomic E-state index is 14.0. The van der Waals surface area contributed by atoms with Crippen LogP contribution in [0.2, 0.25) is 0 Å². The van der Waals surface area contributed by atoms with Crippen LogP contribution in [-0.4, -0.2) is 419 Å². The van der Waals surface area contributed by atoms with Gasteiger partial charge in [-0.3, -0.25) is 4.18 Å². The number of benzene rings is 1. The third kappa shape index (κ3) is 16.4. The van der Waals surface area contributed by atoms with Crippen LogP contribution in [0.25, 0.3) is 10.4 Å². The first-order valence-electron chi connectivity index (χ1n) is 32.4. The predicted molar refractivity (Wildman–Crippen MR) is 315 cm³/mol. The molecule has 0 amide bonds. The standard InChI is InChI=1S/C57H89N3O41S/c1-14-4-15(2)49(16(3)5-14)102(83,84)85-13-24-48-32(74)40(82)57(93-24)100-47-23(12-66)91-55(38(80)30(47)72)98-45-21(10-64)90-54(37(79)29(45)71)97-44-20(9-63)89-53(36(78)28(44)70)96-43-19(8-62)87-51(34(76)26(43)68)94-41-17(6-59-60-58)86-50(33(75)25(41)67)95-42-18(7-61)88-52(35(77)27(42)69)99-46-22(11-65)92-56(101-48)39(81)31(46)73/h4-5,17-48,50-57,61-82H,6-13H2,1-3H3/t17-,18-,19-,20-,21-,22-,23-,24-,25-,26-,27-,28-,29-,30-,31-,32-,33-,34-,35-,36-,37-,38-,39-,40-,41-,42-,43-,44-,45-,46-,47-,48-,50-,51-,52-,53-,54-,55-,56-,57-/m1/s1. The van der Waals surface area contributed by atoms with Gasteiger partial charge in [-0.15, -0.1) is 0 Å². The molecule has 1 aromatic rings. The predicted octanol–water partition coefficient (Wildman–Crippen LogP) is -13.7. The molecule has 22 N–H and O–H groups in total. The van der Waals surface area contributed by atoms with Crippen molar-refractivity contribution in [2.45, 2.75) is 271 Å². The van der Waals surface area contributed by atoms with E-state index >= 15 is 0 Å². The molecule has 31 rings (SSSR count). The molecule has 30 aliphatic rings. The Labute approximate surface area is 577 Å². The summed E-state index contributed by atoms with van der Waals surface area (Å²) < 4.78 is 126. The van der Waals surface area contributed by atoms with Crippen molar-refractivity contribution < 1.29 is 201 Å². The van der Waals surface area contributed by atoms with Crippen LogP contribution in [0.4, 0.5) is 0 Å². The first-order valence-corrected chi connectivity index (χ1v) is 33.8. The van der Waals surface area contributed by atoms with Gasteiger partial charge in [0.15, 0.2) is 50.3 Å². The van der Waals surface area contributed by atoms with Gasteiger partial charge in [-0.1, -0.05) is 22.8 Å². The maximum absolute atomic E-state index is 14.0. The Morgan fingerprint density at radius 1 is 0.333 bits per heavy atom. The minimum absolute atomic E-state index is 0.219. The average Bonchev–Trinajstić information content (AvgIpc) is 0.762. The molecule has 0 saturated carbocycles. The summed E-state index contributed by atoms with van der Waals surface area (Å²) in [5, 5.41) is 252. The Morgan fingerprint density at radius 2 is 0.529 bits per heavy atom. The minimum Gasteiger partial charge on any atom is -0.394 e. The van der Waals surface area contributed by atoms with Crippen molar-refractivity contribution in [2.75, 3.05) is 52.8 Å². The van der Waals surface area contributed by atoms with Crippen LogP contribution in [0, 0.1) is 20.8 Å². The van der Waals surface area contributed by atoms with E-state index < -0.39 is 309 Å². The molecule has 45 heteroatoms. The molecule has 0 spiro atoms. The Hall–Kier alpha value is -3.08. The largest absolute Gasteiger partial charge is 0.394 e. The third-order valence-electron chi connectivity index (χ3n) is 19.1. The van der Waals surface area contributed by atoms with Gasteiger partial charge in [0.1, 0.15) is 189 Å².